The van der Waals surface area contributed by atoms with E-state index in [0.717, 1.165) is 23.2 Å². The first-order valence-electron chi connectivity index (χ1n) is 5.71. The van der Waals surface area contributed by atoms with Crippen LogP contribution in [-0.4, -0.2) is 6.61 Å². The van der Waals surface area contributed by atoms with Crippen molar-refractivity contribution in [2.45, 2.75) is 39.0 Å². The van der Waals surface area contributed by atoms with Gasteiger partial charge in [0.15, 0.2) is 0 Å². The van der Waals surface area contributed by atoms with E-state index >= 15 is 0 Å². The minimum absolute atomic E-state index is 0.833. The van der Waals surface area contributed by atoms with Crippen LogP contribution < -0.4 is 4.74 Å². The molecule has 0 amide bonds. The smallest absolute Gasteiger partial charge is 0.120 e. The molecule has 2 heteroatoms. The Labute approximate surface area is 101 Å². The van der Waals surface area contributed by atoms with Crippen LogP contribution in [0.25, 0.3) is 0 Å². The van der Waals surface area contributed by atoms with Gasteiger partial charge in [-0.25, -0.2) is 0 Å². The Kier molecular flexibility index (Phi) is 6.49. The lowest BCUT2D eigenvalue weighted by Crippen LogP contribution is -1.96. The predicted molar refractivity (Wildman–Crippen MR) is 68.4 cm³/mol. The molecule has 0 saturated carbocycles. The second kappa shape index (κ2) is 7.75. The molecule has 0 aromatic heterocycles. The largest absolute Gasteiger partial charge is 0.494 e. The summed E-state index contributed by atoms with van der Waals surface area (Å²) in [6.07, 6.45) is 6.41. The molecule has 15 heavy (non-hydrogen) atoms. The van der Waals surface area contributed by atoms with E-state index < -0.39 is 0 Å². The minimum Gasteiger partial charge on any atom is -0.494 e. The zero-order chi connectivity index (χ0) is 10.9. The molecule has 0 atom stereocenters. The molecular weight excluding hydrogens is 252 g/mol. The number of benzene rings is 1. The van der Waals surface area contributed by atoms with Gasteiger partial charge in [0.2, 0.25) is 0 Å². The van der Waals surface area contributed by atoms with Gasteiger partial charge >= 0.3 is 0 Å². The first-order chi connectivity index (χ1) is 7.33. The fourth-order valence-electron chi connectivity index (χ4n) is 1.45. The Hall–Kier alpha value is -0.500. The summed E-state index contributed by atoms with van der Waals surface area (Å²) in [6.45, 7) is 3.07. The number of hydrogen-bond donors (Lipinski definition) is 0. The van der Waals surface area contributed by atoms with Crippen LogP contribution in [0.15, 0.2) is 28.7 Å². The fourth-order valence-corrected chi connectivity index (χ4v) is 1.83. The zero-order valence-electron chi connectivity index (χ0n) is 9.34. The molecule has 84 valence electrons. The summed E-state index contributed by atoms with van der Waals surface area (Å²) in [6, 6.07) is 8.01. The fraction of sp³-hybridized carbons (Fsp3) is 0.538. The van der Waals surface area contributed by atoms with Crippen molar-refractivity contribution in [1.82, 2.24) is 0 Å². The summed E-state index contributed by atoms with van der Waals surface area (Å²) < 4.78 is 6.71. The Morgan fingerprint density at radius 2 is 1.93 bits per heavy atom. The van der Waals surface area contributed by atoms with Crippen LogP contribution in [0.2, 0.25) is 0 Å². The van der Waals surface area contributed by atoms with Gasteiger partial charge in [-0.15, -0.1) is 0 Å². The maximum Gasteiger partial charge on any atom is 0.120 e. The molecule has 0 aliphatic heterocycles. The average molecular weight is 271 g/mol. The monoisotopic (exact) mass is 270 g/mol. The van der Waals surface area contributed by atoms with Crippen molar-refractivity contribution in [3.8, 4) is 5.75 Å². The van der Waals surface area contributed by atoms with Crippen molar-refractivity contribution in [1.29, 1.82) is 0 Å². The first kappa shape index (κ1) is 12.6. The van der Waals surface area contributed by atoms with Crippen molar-refractivity contribution in [3.05, 3.63) is 28.7 Å². The Morgan fingerprint density at radius 1 is 1.13 bits per heavy atom. The van der Waals surface area contributed by atoms with E-state index in [0.29, 0.717) is 0 Å². The Balaban J connectivity index is 2.10. The van der Waals surface area contributed by atoms with Crippen molar-refractivity contribution < 1.29 is 4.74 Å². The van der Waals surface area contributed by atoms with Gasteiger partial charge in [0.05, 0.1) is 6.61 Å². The molecule has 0 spiro atoms. The van der Waals surface area contributed by atoms with E-state index in [1.165, 1.54) is 25.7 Å². The Bertz CT molecular complexity index is 273. The third-order valence-electron chi connectivity index (χ3n) is 2.31. The lowest BCUT2D eigenvalue weighted by atomic mass is 10.2. The molecule has 1 rings (SSSR count). The van der Waals surface area contributed by atoms with Crippen molar-refractivity contribution in [2.75, 3.05) is 6.61 Å². The lowest BCUT2D eigenvalue weighted by Gasteiger charge is -2.05. The lowest BCUT2D eigenvalue weighted by molar-refractivity contribution is 0.304. The van der Waals surface area contributed by atoms with Gasteiger partial charge in [0, 0.05) is 4.47 Å². The standard InChI is InChI=1S/C13H19BrO/c1-2-3-4-5-6-10-15-13-9-7-8-12(14)11-13/h7-9,11H,2-6,10H2,1H3. The summed E-state index contributed by atoms with van der Waals surface area (Å²) in [7, 11) is 0. The Morgan fingerprint density at radius 3 is 2.67 bits per heavy atom. The summed E-state index contributed by atoms with van der Waals surface area (Å²) in [4.78, 5) is 0. The molecule has 1 aromatic carbocycles. The number of rotatable bonds is 7. The van der Waals surface area contributed by atoms with Crippen LogP contribution in [0.5, 0.6) is 5.75 Å². The normalized spacial score (nSPS) is 10.3. The third-order valence-corrected chi connectivity index (χ3v) is 2.81. The van der Waals surface area contributed by atoms with Crippen LogP contribution in [0.4, 0.5) is 0 Å². The second-order valence-corrected chi connectivity index (χ2v) is 4.64. The van der Waals surface area contributed by atoms with E-state index in [1.54, 1.807) is 0 Å². The van der Waals surface area contributed by atoms with E-state index in [2.05, 4.69) is 22.9 Å². The average Bonchev–Trinajstić information content (AvgIpc) is 2.23. The van der Waals surface area contributed by atoms with Crippen LogP contribution in [0.1, 0.15) is 39.0 Å². The first-order valence-corrected chi connectivity index (χ1v) is 6.50. The summed E-state index contributed by atoms with van der Waals surface area (Å²) in [5, 5.41) is 0. The molecular formula is C13H19BrO. The minimum atomic E-state index is 0.833. The van der Waals surface area contributed by atoms with Crippen LogP contribution >= 0.6 is 15.9 Å². The van der Waals surface area contributed by atoms with Crippen molar-refractivity contribution in [3.63, 3.8) is 0 Å². The van der Waals surface area contributed by atoms with E-state index in [1.807, 2.05) is 24.3 Å². The van der Waals surface area contributed by atoms with Gasteiger partial charge in [-0.1, -0.05) is 54.6 Å². The summed E-state index contributed by atoms with van der Waals surface area (Å²) in [5.74, 6) is 0.958. The van der Waals surface area contributed by atoms with Gasteiger partial charge in [-0.2, -0.15) is 0 Å². The van der Waals surface area contributed by atoms with Gasteiger partial charge in [0.1, 0.15) is 5.75 Å². The molecule has 0 bridgehead atoms. The van der Waals surface area contributed by atoms with Gasteiger partial charge < -0.3 is 4.74 Å². The maximum atomic E-state index is 5.64. The van der Waals surface area contributed by atoms with E-state index in [9.17, 15) is 0 Å². The van der Waals surface area contributed by atoms with Gasteiger partial charge in [-0.05, 0) is 24.6 Å². The highest BCUT2D eigenvalue weighted by Crippen LogP contribution is 2.18. The molecule has 0 N–H and O–H groups in total. The van der Waals surface area contributed by atoms with Crippen LogP contribution in [-0.2, 0) is 0 Å². The maximum absolute atomic E-state index is 5.64. The summed E-state index contributed by atoms with van der Waals surface area (Å²) in [5.41, 5.74) is 0. The molecule has 0 fully saturated rings. The highest BCUT2D eigenvalue weighted by atomic mass is 79.9. The van der Waals surface area contributed by atoms with Gasteiger partial charge in [0.25, 0.3) is 0 Å². The van der Waals surface area contributed by atoms with Crippen LogP contribution in [0.3, 0.4) is 0 Å². The second-order valence-electron chi connectivity index (χ2n) is 3.72. The quantitative estimate of drug-likeness (QED) is 0.647. The number of hydrogen-bond acceptors (Lipinski definition) is 1. The number of unbranched alkanes of at least 4 members (excludes halogenated alkanes) is 4. The van der Waals surface area contributed by atoms with Crippen molar-refractivity contribution >= 4 is 15.9 Å². The molecule has 0 radical (unpaired) electrons. The molecule has 0 saturated heterocycles. The number of ether oxygens (including phenoxy) is 1. The van der Waals surface area contributed by atoms with Crippen molar-refractivity contribution in [2.24, 2.45) is 0 Å². The molecule has 0 aliphatic rings. The predicted octanol–water partition coefficient (Wildman–Crippen LogP) is 4.80. The molecule has 0 unspecified atom stereocenters. The number of halogens is 1. The van der Waals surface area contributed by atoms with E-state index in [4.69, 9.17) is 4.74 Å². The zero-order valence-corrected chi connectivity index (χ0v) is 10.9. The summed E-state index contributed by atoms with van der Waals surface area (Å²) >= 11 is 3.43. The third kappa shape index (κ3) is 5.83. The topological polar surface area (TPSA) is 9.23 Å². The SMILES string of the molecule is CCCCCCCOc1cccc(Br)c1. The highest BCUT2D eigenvalue weighted by Gasteiger charge is 1.94. The molecule has 1 aromatic rings. The molecule has 0 aliphatic carbocycles. The molecule has 0 heterocycles. The highest BCUT2D eigenvalue weighted by molar-refractivity contribution is 9.10. The van der Waals surface area contributed by atoms with Gasteiger partial charge in [-0.3, -0.25) is 0 Å². The van der Waals surface area contributed by atoms with E-state index in [-0.39, 0.29) is 0 Å². The molecule has 1 nitrogen and oxygen atoms in total. The van der Waals surface area contributed by atoms with Crippen LogP contribution in [0, 0.1) is 0 Å².